The molecule has 20 heavy (non-hydrogen) atoms. The molecular weight excluding hydrogens is 244 g/mol. The van der Waals surface area contributed by atoms with Gasteiger partial charge in [-0.15, -0.1) is 0 Å². The summed E-state index contributed by atoms with van der Waals surface area (Å²) >= 11 is 0. The highest BCUT2D eigenvalue weighted by molar-refractivity contribution is 5.37. The van der Waals surface area contributed by atoms with Gasteiger partial charge in [-0.1, -0.05) is 36.8 Å². The first-order valence-electron chi connectivity index (χ1n) is 7.71. The Hall–Kier alpha value is -1.54. The van der Waals surface area contributed by atoms with Crippen molar-refractivity contribution < 1.29 is 0 Å². The number of hydrogen-bond donors (Lipinski definition) is 1. The van der Waals surface area contributed by atoms with E-state index in [1.807, 2.05) is 0 Å². The van der Waals surface area contributed by atoms with Gasteiger partial charge in [-0.2, -0.15) is 0 Å². The van der Waals surface area contributed by atoms with Gasteiger partial charge in [0.1, 0.15) is 0 Å². The van der Waals surface area contributed by atoms with Gasteiger partial charge < -0.3 is 4.98 Å². The average Bonchev–Trinajstić information content (AvgIpc) is 2.82. The highest BCUT2D eigenvalue weighted by Gasteiger charge is 2.26. The highest BCUT2D eigenvalue weighted by atomic mass is 15.2. The Morgan fingerprint density at radius 3 is 2.30 bits per heavy atom. The quantitative estimate of drug-likeness (QED) is 0.883. The second-order valence-corrected chi connectivity index (χ2v) is 5.92. The highest BCUT2D eigenvalue weighted by Crippen LogP contribution is 2.32. The van der Waals surface area contributed by atoms with E-state index in [9.17, 15) is 0 Å². The standard InChI is InChI=1S/C18H24N2/c1-14-13-19-17(15(14)2)18(16-9-5-3-6-10-16)20-11-7-4-8-12-20/h3,5-6,9-10,13,18-19H,4,7-8,11-12H2,1-2H3. The number of nitrogens with one attached hydrogen (secondary N) is 1. The molecule has 1 unspecified atom stereocenters. The van der Waals surface area contributed by atoms with Crippen molar-refractivity contribution in [3.05, 3.63) is 58.9 Å². The number of piperidine rings is 1. The number of aryl methyl sites for hydroxylation is 1. The number of rotatable bonds is 3. The van der Waals surface area contributed by atoms with Crippen LogP contribution in [0.2, 0.25) is 0 Å². The topological polar surface area (TPSA) is 19.0 Å². The van der Waals surface area contributed by atoms with Gasteiger partial charge in [-0.3, -0.25) is 4.90 Å². The number of benzene rings is 1. The zero-order valence-corrected chi connectivity index (χ0v) is 12.5. The van der Waals surface area contributed by atoms with Crippen LogP contribution in [0.15, 0.2) is 36.5 Å². The van der Waals surface area contributed by atoms with Gasteiger partial charge in [-0.05, 0) is 56.5 Å². The monoisotopic (exact) mass is 268 g/mol. The van der Waals surface area contributed by atoms with Crippen molar-refractivity contribution in [1.29, 1.82) is 0 Å². The fourth-order valence-corrected chi connectivity index (χ4v) is 3.27. The van der Waals surface area contributed by atoms with Gasteiger partial charge in [0.05, 0.1) is 6.04 Å². The lowest BCUT2D eigenvalue weighted by Crippen LogP contribution is -2.34. The summed E-state index contributed by atoms with van der Waals surface area (Å²) in [5.74, 6) is 0. The van der Waals surface area contributed by atoms with Gasteiger partial charge in [-0.25, -0.2) is 0 Å². The molecule has 0 aliphatic carbocycles. The van der Waals surface area contributed by atoms with E-state index in [4.69, 9.17) is 0 Å². The molecule has 1 aromatic carbocycles. The lowest BCUT2D eigenvalue weighted by molar-refractivity contribution is 0.184. The van der Waals surface area contributed by atoms with Crippen molar-refractivity contribution in [2.45, 2.75) is 39.2 Å². The molecule has 2 aromatic rings. The van der Waals surface area contributed by atoms with E-state index < -0.39 is 0 Å². The zero-order valence-electron chi connectivity index (χ0n) is 12.5. The van der Waals surface area contributed by atoms with Gasteiger partial charge in [0, 0.05) is 11.9 Å². The molecule has 1 saturated heterocycles. The Balaban J connectivity index is 2.01. The van der Waals surface area contributed by atoms with Crippen LogP contribution >= 0.6 is 0 Å². The van der Waals surface area contributed by atoms with Gasteiger partial charge in [0.15, 0.2) is 0 Å². The zero-order chi connectivity index (χ0) is 13.9. The molecule has 106 valence electrons. The van der Waals surface area contributed by atoms with Crippen LogP contribution in [-0.2, 0) is 0 Å². The van der Waals surface area contributed by atoms with E-state index in [2.05, 4.69) is 60.3 Å². The van der Waals surface area contributed by atoms with Crippen LogP contribution in [0.1, 0.15) is 47.7 Å². The molecule has 1 N–H and O–H groups in total. The number of nitrogens with zero attached hydrogens (tertiary/aromatic N) is 1. The number of H-pyrrole nitrogens is 1. The van der Waals surface area contributed by atoms with Crippen molar-refractivity contribution >= 4 is 0 Å². The summed E-state index contributed by atoms with van der Waals surface area (Å²) < 4.78 is 0. The Bertz CT molecular complexity index is 550. The number of likely N-dealkylation sites (tertiary alicyclic amines) is 1. The number of aromatic nitrogens is 1. The normalized spacial score (nSPS) is 18.1. The maximum absolute atomic E-state index is 3.53. The lowest BCUT2D eigenvalue weighted by atomic mass is 9.96. The lowest BCUT2D eigenvalue weighted by Gasteiger charge is -2.35. The molecule has 1 atom stereocenters. The van der Waals surface area contributed by atoms with E-state index in [0.29, 0.717) is 6.04 Å². The SMILES string of the molecule is Cc1c[nH]c(C(c2ccccc2)N2CCCCC2)c1C. The van der Waals surface area contributed by atoms with Crippen LogP contribution in [0.3, 0.4) is 0 Å². The first-order valence-corrected chi connectivity index (χ1v) is 7.71. The van der Waals surface area contributed by atoms with Crippen LogP contribution in [0, 0.1) is 13.8 Å². The van der Waals surface area contributed by atoms with Gasteiger partial charge >= 0.3 is 0 Å². The van der Waals surface area contributed by atoms with Crippen molar-refractivity contribution in [3.63, 3.8) is 0 Å². The minimum absolute atomic E-state index is 0.380. The van der Waals surface area contributed by atoms with Crippen molar-refractivity contribution in [2.24, 2.45) is 0 Å². The summed E-state index contributed by atoms with van der Waals surface area (Å²) in [5.41, 5.74) is 5.54. The summed E-state index contributed by atoms with van der Waals surface area (Å²) in [6.45, 7) is 6.84. The van der Waals surface area contributed by atoms with E-state index in [-0.39, 0.29) is 0 Å². The maximum atomic E-state index is 3.53. The third kappa shape index (κ3) is 2.53. The summed E-state index contributed by atoms with van der Waals surface area (Å²) in [4.78, 5) is 6.16. The van der Waals surface area contributed by atoms with E-state index in [1.54, 1.807) is 0 Å². The van der Waals surface area contributed by atoms with Crippen LogP contribution < -0.4 is 0 Å². The van der Waals surface area contributed by atoms with Gasteiger partial charge in [0.25, 0.3) is 0 Å². The second-order valence-electron chi connectivity index (χ2n) is 5.92. The molecule has 0 spiro atoms. The van der Waals surface area contributed by atoms with E-state index >= 15 is 0 Å². The smallest absolute Gasteiger partial charge is 0.0756 e. The number of aromatic amines is 1. The first-order chi connectivity index (χ1) is 9.77. The van der Waals surface area contributed by atoms with Crippen LogP contribution in [0.4, 0.5) is 0 Å². The second kappa shape index (κ2) is 5.84. The van der Waals surface area contributed by atoms with Crippen LogP contribution in [0.25, 0.3) is 0 Å². The molecule has 1 aromatic heterocycles. The molecule has 1 aliphatic rings. The molecule has 1 aliphatic heterocycles. The fourth-order valence-electron chi connectivity index (χ4n) is 3.27. The molecule has 0 radical (unpaired) electrons. The Kier molecular flexibility index (Phi) is 3.93. The van der Waals surface area contributed by atoms with Crippen LogP contribution in [0.5, 0.6) is 0 Å². The predicted octanol–water partition coefficient (Wildman–Crippen LogP) is 4.21. The minimum Gasteiger partial charge on any atom is -0.363 e. The summed E-state index contributed by atoms with van der Waals surface area (Å²) in [7, 11) is 0. The summed E-state index contributed by atoms with van der Waals surface area (Å²) in [6, 6.07) is 11.3. The minimum atomic E-state index is 0.380. The molecule has 0 bridgehead atoms. The average molecular weight is 268 g/mol. The predicted molar refractivity (Wildman–Crippen MR) is 84.0 cm³/mol. The number of hydrogen-bond acceptors (Lipinski definition) is 1. The third-order valence-corrected chi connectivity index (χ3v) is 4.58. The van der Waals surface area contributed by atoms with Crippen molar-refractivity contribution in [2.75, 3.05) is 13.1 Å². The maximum Gasteiger partial charge on any atom is 0.0756 e. The molecule has 2 nitrogen and oxygen atoms in total. The first kappa shape index (κ1) is 13.4. The molecule has 3 rings (SSSR count). The molecule has 0 saturated carbocycles. The molecule has 2 heterocycles. The Labute approximate surface area is 121 Å². The summed E-state index contributed by atoms with van der Waals surface area (Å²) in [6.07, 6.45) is 6.16. The molecule has 1 fully saturated rings. The van der Waals surface area contributed by atoms with Gasteiger partial charge in [0.2, 0.25) is 0 Å². The van der Waals surface area contributed by atoms with Crippen molar-refractivity contribution in [3.8, 4) is 0 Å². The molecular formula is C18H24N2. The van der Waals surface area contributed by atoms with Crippen LogP contribution in [-0.4, -0.2) is 23.0 Å². The fraction of sp³-hybridized carbons (Fsp3) is 0.444. The Morgan fingerprint density at radius 2 is 1.70 bits per heavy atom. The van der Waals surface area contributed by atoms with Crippen molar-refractivity contribution in [1.82, 2.24) is 9.88 Å². The molecule has 0 amide bonds. The summed E-state index contributed by atoms with van der Waals surface area (Å²) in [5, 5.41) is 0. The largest absolute Gasteiger partial charge is 0.363 e. The van der Waals surface area contributed by atoms with E-state index in [0.717, 1.165) is 0 Å². The Morgan fingerprint density at radius 1 is 1.00 bits per heavy atom. The third-order valence-electron chi connectivity index (χ3n) is 4.58. The van der Waals surface area contributed by atoms with E-state index in [1.165, 1.54) is 54.7 Å². The molecule has 2 heteroatoms.